The molecule has 156 valence electrons. The topological polar surface area (TPSA) is 84.1 Å². The first kappa shape index (κ1) is 18.3. The Balaban J connectivity index is 1.45. The Labute approximate surface area is 178 Å². The number of aromatic nitrogens is 2. The van der Waals surface area contributed by atoms with Crippen LogP contribution in [0, 0.1) is 0 Å². The van der Waals surface area contributed by atoms with Gasteiger partial charge in [0.15, 0.2) is 11.9 Å². The molecule has 0 radical (unpaired) electrons. The smallest absolute Gasteiger partial charge is 0.255 e. The molecule has 1 aromatic carbocycles. The van der Waals surface area contributed by atoms with Crippen molar-refractivity contribution in [2.75, 3.05) is 16.4 Å². The third-order valence-electron chi connectivity index (χ3n) is 6.80. The molecule has 8 nitrogen and oxygen atoms in total. The maximum atomic E-state index is 13.9. The van der Waals surface area contributed by atoms with Gasteiger partial charge in [0.2, 0.25) is 0 Å². The predicted octanol–water partition coefficient (Wildman–Crippen LogP) is 3.61. The molecule has 1 aromatic heterocycles. The van der Waals surface area contributed by atoms with Crippen molar-refractivity contribution < 1.29 is 14.1 Å². The van der Waals surface area contributed by atoms with Crippen molar-refractivity contribution in [3.63, 3.8) is 0 Å². The van der Waals surface area contributed by atoms with Gasteiger partial charge in [0.25, 0.3) is 11.8 Å². The van der Waals surface area contributed by atoms with Crippen LogP contribution in [0.4, 0.5) is 11.4 Å². The molecule has 30 heavy (non-hydrogen) atoms. The van der Waals surface area contributed by atoms with Gasteiger partial charge in [-0.25, -0.2) is 0 Å². The number of carbonyl (C=O) groups excluding carboxylic acids is 1. The molecule has 1 saturated heterocycles. The number of ether oxygens (including phenoxy) is 1. The maximum absolute atomic E-state index is 13.9. The summed E-state index contributed by atoms with van der Waals surface area (Å²) in [7, 11) is 0. The van der Waals surface area contributed by atoms with Gasteiger partial charge in [0.1, 0.15) is 11.8 Å². The SMILES string of the molecule is CC1(c2noc(C3N=CN4c5cccc(Cl)c5N(C5(C)CCCO5)C(=O)C34)n2)CC1. The molecular weight excluding hydrogens is 406 g/mol. The second-order valence-electron chi connectivity index (χ2n) is 8.99. The third kappa shape index (κ3) is 2.43. The van der Waals surface area contributed by atoms with Gasteiger partial charge in [-0.2, -0.15) is 4.98 Å². The lowest BCUT2D eigenvalue weighted by atomic mass is 9.97. The molecule has 6 rings (SSSR count). The number of rotatable bonds is 3. The summed E-state index contributed by atoms with van der Waals surface area (Å²) >= 11 is 6.59. The van der Waals surface area contributed by atoms with Crippen molar-refractivity contribution in [2.45, 2.75) is 62.8 Å². The number of para-hydroxylation sites is 1. The molecule has 3 aliphatic heterocycles. The number of halogens is 1. The third-order valence-corrected chi connectivity index (χ3v) is 7.10. The van der Waals surface area contributed by atoms with E-state index in [9.17, 15) is 4.79 Å². The number of amides is 1. The number of carbonyl (C=O) groups is 1. The van der Waals surface area contributed by atoms with Crippen LogP contribution in [0.5, 0.6) is 0 Å². The van der Waals surface area contributed by atoms with Gasteiger partial charge < -0.3 is 14.2 Å². The van der Waals surface area contributed by atoms with E-state index in [2.05, 4.69) is 22.1 Å². The molecule has 3 unspecified atom stereocenters. The molecule has 0 spiro atoms. The summed E-state index contributed by atoms with van der Waals surface area (Å²) in [5, 5.41) is 4.69. The molecule has 9 heteroatoms. The van der Waals surface area contributed by atoms with Crippen LogP contribution in [0.15, 0.2) is 27.7 Å². The summed E-state index contributed by atoms with van der Waals surface area (Å²) in [6.45, 7) is 4.68. The van der Waals surface area contributed by atoms with Gasteiger partial charge in [0, 0.05) is 12.0 Å². The minimum absolute atomic E-state index is 0.0162. The monoisotopic (exact) mass is 427 g/mol. The van der Waals surface area contributed by atoms with Gasteiger partial charge >= 0.3 is 0 Å². The van der Waals surface area contributed by atoms with E-state index in [1.807, 2.05) is 24.0 Å². The molecule has 2 aromatic rings. The van der Waals surface area contributed by atoms with Gasteiger partial charge in [0.05, 0.1) is 22.7 Å². The van der Waals surface area contributed by atoms with E-state index in [4.69, 9.17) is 20.9 Å². The number of fused-ring (bicyclic) bond motifs is 3. The number of anilines is 2. The number of hydrogen-bond donors (Lipinski definition) is 0. The summed E-state index contributed by atoms with van der Waals surface area (Å²) in [5.74, 6) is 0.943. The molecule has 4 heterocycles. The molecule has 1 aliphatic carbocycles. The second kappa shape index (κ2) is 6.04. The van der Waals surface area contributed by atoms with E-state index in [1.165, 1.54) is 0 Å². The van der Waals surface area contributed by atoms with Gasteiger partial charge in [-0.05, 0) is 44.7 Å². The van der Waals surface area contributed by atoms with Crippen molar-refractivity contribution >= 4 is 35.2 Å². The lowest BCUT2D eigenvalue weighted by Crippen LogP contribution is -2.60. The molecule has 0 bridgehead atoms. The first-order valence-corrected chi connectivity index (χ1v) is 10.7. The lowest BCUT2D eigenvalue weighted by Gasteiger charge is -2.46. The zero-order valence-electron chi connectivity index (χ0n) is 16.8. The molecule has 0 N–H and O–H groups in total. The van der Waals surface area contributed by atoms with Crippen LogP contribution in [0.3, 0.4) is 0 Å². The highest BCUT2D eigenvalue weighted by atomic mass is 35.5. The predicted molar refractivity (Wildman–Crippen MR) is 111 cm³/mol. The molecule has 3 atom stereocenters. The Hall–Kier alpha value is -2.45. The average Bonchev–Trinajstić information content (AvgIpc) is 3.16. The van der Waals surface area contributed by atoms with Crippen LogP contribution in [-0.2, 0) is 14.9 Å². The van der Waals surface area contributed by atoms with Crippen LogP contribution < -0.4 is 9.80 Å². The van der Waals surface area contributed by atoms with Crippen LogP contribution in [-0.4, -0.2) is 40.8 Å². The highest BCUT2D eigenvalue weighted by Crippen LogP contribution is 2.50. The summed E-state index contributed by atoms with van der Waals surface area (Å²) in [5.41, 5.74) is 0.715. The largest absolute Gasteiger partial charge is 0.355 e. The van der Waals surface area contributed by atoms with Gasteiger partial charge in [-0.15, -0.1) is 0 Å². The molecule has 2 fully saturated rings. The van der Waals surface area contributed by atoms with E-state index >= 15 is 0 Å². The highest BCUT2D eigenvalue weighted by Gasteiger charge is 2.54. The Morgan fingerprint density at radius 2 is 2.07 bits per heavy atom. The average molecular weight is 428 g/mol. The van der Waals surface area contributed by atoms with E-state index in [0.29, 0.717) is 29.0 Å². The fourth-order valence-electron chi connectivity index (χ4n) is 4.71. The fourth-order valence-corrected chi connectivity index (χ4v) is 4.97. The van der Waals surface area contributed by atoms with E-state index < -0.39 is 17.8 Å². The summed E-state index contributed by atoms with van der Waals surface area (Å²) in [4.78, 5) is 26.7. The van der Waals surface area contributed by atoms with Crippen molar-refractivity contribution in [3.05, 3.63) is 34.9 Å². The Morgan fingerprint density at radius 3 is 2.80 bits per heavy atom. The van der Waals surface area contributed by atoms with Crippen LogP contribution in [0.1, 0.15) is 57.3 Å². The quantitative estimate of drug-likeness (QED) is 0.744. The van der Waals surface area contributed by atoms with Crippen molar-refractivity contribution in [2.24, 2.45) is 4.99 Å². The van der Waals surface area contributed by atoms with E-state index in [1.54, 1.807) is 17.3 Å². The summed E-state index contributed by atoms with van der Waals surface area (Å²) < 4.78 is 11.6. The fraction of sp³-hybridized carbons (Fsp3) is 0.524. The summed E-state index contributed by atoms with van der Waals surface area (Å²) in [6, 6.07) is 4.44. The van der Waals surface area contributed by atoms with Crippen LogP contribution in [0.25, 0.3) is 0 Å². The normalized spacial score (nSPS) is 31.2. The Bertz CT molecular complexity index is 1070. The van der Waals surface area contributed by atoms with Crippen molar-refractivity contribution in [1.82, 2.24) is 10.1 Å². The van der Waals surface area contributed by atoms with E-state index in [-0.39, 0.29) is 11.3 Å². The maximum Gasteiger partial charge on any atom is 0.255 e. The van der Waals surface area contributed by atoms with Crippen molar-refractivity contribution in [3.8, 4) is 0 Å². The van der Waals surface area contributed by atoms with Gasteiger partial charge in [-0.3, -0.25) is 14.7 Å². The summed E-state index contributed by atoms with van der Waals surface area (Å²) in [6.07, 6.45) is 5.40. The number of hydrogen-bond acceptors (Lipinski definition) is 7. The standard InChI is InChI=1S/C21H22ClN5O3/c1-20(8-9-20)19-24-17(30-25-19)14-16-18(28)27(21(2)7-4-10-29-21)15-12(22)5-3-6-13(15)26(16)11-23-14/h3,5-6,11,14,16H,4,7-10H2,1-2H3. The Kier molecular flexibility index (Phi) is 3.69. The number of nitrogens with zero attached hydrogens (tertiary/aromatic N) is 5. The molecule has 1 amide bonds. The van der Waals surface area contributed by atoms with Crippen LogP contribution >= 0.6 is 11.6 Å². The highest BCUT2D eigenvalue weighted by molar-refractivity contribution is 6.35. The lowest BCUT2D eigenvalue weighted by molar-refractivity contribution is -0.125. The van der Waals surface area contributed by atoms with Crippen molar-refractivity contribution in [1.29, 1.82) is 0 Å². The second-order valence-corrected chi connectivity index (χ2v) is 9.39. The Morgan fingerprint density at radius 1 is 1.23 bits per heavy atom. The molecule has 4 aliphatic rings. The molecule has 1 saturated carbocycles. The minimum Gasteiger partial charge on any atom is -0.355 e. The zero-order valence-corrected chi connectivity index (χ0v) is 17.6. The number of benzene rings is 1. The van der Waals surface area contributed by atoms with Gasteiger partial charge in [-0.1, -0.05) is 29.7 Å². The first-order valence-electron chi connectivity index (χ1n) is 10.3. The number of aliphatic imine (C=N–C) groups is 1. The first-order chi connectivity index (χ1) is 14.4. The molecular formula is C21H22ClN5O3. The zero-order chi connectivity index (χ0) is 20.7. The minimum atomic E-state index is -0.752. The van der Waals surface area contributed by atoms with E-state index in [0.717, 1.165) is 31.4 Å². The van der Waals surface area contributed by atoms with Crippen LogP contribution in [0.2, 0.25) is 5.02 Å².